The number of β-lactam (4-membered cyclic amide) rings is 1. The van der Waals surface area contributed by atoms with Crippen LogP contribution in [0, 0.1) is 0 Å². The zero-order valence-electron chi connectivity index (χ0n) is 18.3. The molecule has 2 unspecified atom stereocenters. The van der Waals surface area contributed by atoms with Gasteiger partial charge in [0.15, 0.2) is 11.5 Å². The summed E-state index contributed by atoms with van der Waals surface area (Å²) in [6, 6.07) is 6.01. The van der Waals surface area contributed by atoms with Gasteiger partial charge in [-0.2, -0.15) is 0 Å². The molecule has 0 saturated carbocycles. The van der Waals surface area contributed by atoms with Gasteiger partial charge in [0.1, 0.15) is 11.0 Å². The zero-order chi connectivity index (χ0) is 21.3. The molecule has 5 nitrogen and oxygen atoms in total. The SMILES string of the molecule is CCCCCCCC[S+]([O-])C(C)Cc1ccc2c(c1)OCO2.O=C1C[C@H]2SCCN12. The normalized spacial score (nSPS) is 20.8. The van der Waals surface area contributed by atoms with Crippen LogP contribution in [0.3, 0.4) is 0 Å². The Morgan fingerprint density at radius 2 is 1.97 bits per heavy atom. The van der Waals surface area contributed by atoms with Crippen LogP contribution in [0.5, 0.6) is 11.5 Å². The van der Waals surface area contributed by atoms with Crippen molar-refractivity contribution in [2.75, 3.05) is 24.8 Å². The lowest BCUT2D eigenvalue weighted by molar-refractivity contribution is -0.140. The van der Waals surface area contributed by atoms with Crippen LogP contribution >= 0.6 is 11.8 Å². The van der Waals surface area contributed by atoms with E-state index in [0.717, 1.165) is 48.8 Å². The van der Waals surface area contributed by atoms with Crippen LogP contribution in [0.1, 0.15) is 64.4 Å². The number of hydrogen-bond acceptors (Lipinski definition) is 5. The minimum absolute atomic E-state index is 0.191. The largest absolute Gasteiger partial charge is 0.616 e. The van der Waals surface area contributed by atoms with Crippen LogP contribution in [0.2, 0.25) is 0 Å². The fraction of sp³-hybridized carbons (Fsp3) is 0.696. The Labute approximate surface area is 188 Å². The number of fused-ring (bicyclic) bond motifs is 2. The molecule has 0 aliphatic carbocycles. The summed E-state index contributed by atoms with van der Waals surface area (Å²) in [6.07, 6.45) is 9.12. The van der Waals surface area contributed by atoms with Gasteiger partial charge in [0.05, 0.1) is 11.8 Å². The molecule has 1 aromatic rings. The first-order valence-corrected chi connectivity index (χ1v) is 13.7. The van der Waals surface area contributed by atoms with Crippen molar-refractivity contribution >= 4 is 28.8 Å². The van der Waals surface area contributed by atoms with E-state index in [-0.39, 0.29) is 5.25 Å². The van der Waals surface area contributed by atoms with Crippen molar-refractivity contribution in [3.63, 3.8) is 0 Å². The minimum atomic E-state index is -0.743. The number of hydrogen-bond donors (Lipinski definition) is 0. The molecule has 3 aliphatic heterocycles. The summed E-state index contributed by atoms with van der Waals surface area (Å²) in [6.45, 7) is 5.61. The van der Waals surface area contributed by atoms with E-state index in [1.165, 1.54) is 37.7 Å². The molecule has 3 heterocycles. The molecule has 1 aromatic carbocycles. The van der Waals surface area contributed by atoms with E-state index in [0.29, 0.717) is 18.1 Å². The summed E-state index contributed by atoms with van der Waals surface area (Å²) in [5.41, 5.74) is 1.17. The van der Waals surface area contributed by atoms with Gasteiger partial charge in [0.25, 0.3) is 0 Å². The molecule has 0 bridgehead atoms. The standard InChI is InChI=1S/C18H28O3S.C5H7NOS/c1-3-4-5-6-7-8-11-22(19)15(2)12-16-9-10-17-18(13-16)21-14-20-17;7-4-3-5-6(4)1-2-8-5/h9-10,13,15H,3-8,11-12,14H2,1-2H3;5H,1-3H2/t;5-/m.1/s1. The van der Waals surface area contributed by atoms with E-state index in [4.69, 9.17) is 9.47 Å². The molecule has 1 amide bonds. The Bertz CT molecular complexity index is 687. The highest BCUT2D eigenvalue weighted by molar-refractivity contribution is 8.00. The van der Waals surface area contributed by atoms with Crippen LogP contribution in [-0.4, -0.2) is 50.8 Å². The third-order valence-electron chi connectivity index (χ3n) is 5.77. The zero-order valence-corrected chi connectivity index (χ0v) is 19.9. The number of ether oxygens (including phenoxy) is 2. The summed E-state index contributed by atoms with van der Waals surface area (Å²) >= 11 is 1.16. The maximum absolute atomic E-state index is 12.3. The van der Waals surface area contributed by atoms with E-state index in [1.807, 2.05) is 34.9 Å². The number of nitrogens with zero attached hydrogens (tertiary/aromatic N) is 1. The average Bonchev–Trinajstić information content (AvgIpc) is 3.36. The van der Waals surface area contributed by atoms with E-state index in [9.17, 15) is 9.35 Å². The average molecular weight is 454 g/mol. The smallest absolute Gasteiger partial charge is 0.231 e. The van der Waals surface area contributed by atoms with Gasteiger partial charge in [0.2, 0.25) is 12.7 Å². The number of carbonyl (C=O) groups excluding carboxylic acids is 1. The molecule has 0 N–H and O–H groups in total. The predicted octanol–water partition coefficient (Wildman–Crippen LogP) is 4.75. The van der Waals surface area contributed by atoms with Gasteiger partial charge < -0.3 is 18.9 Å². The first-order chi connectivity index (χ1) is 14.6. The van der Waals surface area contributed by atoms with Gasteiger partial charge in [0, 0.05) is 18.7 Å². The lowest BCUT2D eigenvalue weighted by Crippen LogP contribution is -2.46. The van der Waals surface area contributed by atoms with Crippen LogP contribution in [0.4, 0.5) is 0 Å². The Hall–Kier alpha value is -1.05. The first-order valence-electron chi connectivity index (χ1n) is 11.2. The van der Waals surface area contributed by atoms with Gasteiger partial charge in [-0.25, -0.2) is 0 Å². The Kier molecular flexibility index (Phi) is 9.53. The van der Waals surface area contributed by atoms with Crippen LogP contribution in [0.15, 0.2) is 18.2 Å². The van der Waals surface area contributed by atoms with E-state index in [2.05, 4.69) is 13.8 Å². The number of amides is 1. The third-order valence-corrected chi connectivity index (χ3v) is 8.75. The van der Waals surface area contributed by atoms with Gasteiger partial charge in [-0.3, -0.25) is 4.79 Å². The second-order valence-electron chi connectivity index (χ2n) is 8.17. The monoisotopic (exact) mass is 453 g/mol. The molecule has 0 aromatic heterocycles. The Balaban J connectivity index is 0.000000263. The van der Waals surface area contributed by atoms with Crippen molar-refractivity contribution < 1.29 is 18.8 Å². The van der Waals surface area contributed by atoms with Gasteiger partial charge in [-0.15, -0.1) is 11.8 Å². The van der Waals surface area contributed by atoms with E-state index in [1.54, 1.807) is 0 Å². The van der Waals surface area contributed by atoms with Crippen molar-refractivity contribution in [3.8, 4) is 11.5 Å². The van der Waals surface area contributed by atoms with Gasteiger partial charge in [-0.05, 0) is 37.5 Å². The summed E-state index contributed by atoms with van der Waals surface area (Å²) in [5, 5.41) is 0.763. The fourth-order valence-corrected chi connectivity index (χ4v) is 6.36. The van der Waals surface area contributed by atoms with Crippen LogP contribution in [-0.2, 0) is 22.4 Å². The minimum Gasteiger partial charge on any atom is -0.616 e. The second-order valence-corrected chi connectivity index (χ2v) is 11.4. The predicted molar refractivity (Wildman–Crippen MR) is 125 cm³/mol. The number of benzene rings is 1. The third kappa shape index (κ3) is 6.72. The number of unbranched alkanes of at least 4 members (excludes halogenated alkanes) is 5. The molecule has 168 valence electrons. The molecule has 2 saturated heterocycles. The highest BCUT2D eigenvalue weighted by atomic mass is 32.2. The Morgan fingerprint density at radius 3 is 2.70 bits per heavy atom. The molecular weight excluding hydrogens is 418 g/mol. The van der Waals surface area contributed by atoms with Gasteiger partial charge >= 0.3 is 0 Å². The summed E-state index contributed by atoms with van der Waals surface area (Å²) < 4.78 is 23.0. The molecule has 3 aliphatic rings. The maximum Gasteiger partial charge on any atom is 0.231 e. The van der Waals surface area contributed by atoms with Crippen LogP contribution < -0.4 is 9.47 Å². The quantitative estimate of drug-likeness (QED) is 0.291. The molecule has 7 heteroatoms. The molecule has 30 heavy (non-hydrogen) atoms. The highest BCUT2D eigenvalue weighted by Crippen LogP contribution is 2.34. The molecule has 3 atom stereocenters. The number of carbonyl (C=O) groups is 1. The topological polar surface area (TPSA) is 61.8 Å². The summed E-state index contributed by atoms with van der Waals surface area (Å²) in [5.74, 6) is 3.95. The lowest BCUT2D eigenvalue weighted by Gasteiger charge is -2.32. The van der Waals surface area contributed by atoms with Crippen molar-refractivity contribution in [2.24, 2.45) is 0 Å². The summed E-state index contributed by atoms with van der Waals surface area (Å²) in [7, 11) is 0. The van der Waals surface area contributed by atoms with Crippen molar-refractivity contribution in [1.29, 1.82) is 0 Å². The number of thioether (sulfide) groups is 1. The lowest BCUT2D eigenvalue weighted by atomic mass is 10.1. The molecular formula is C23H35NO4S2. The van der Waals surface area contributed by atoms with E-state index < -0.39 is 11.2 Å². The molecule has 0 spiro atoms. The van der Waals surface area contributed by atoms with Gasteiger partial charge in [-0.1, -0.05) is 49.8 Å². The first kappa shape index (κ1) is 23.6. The van der Waals surface area contributed by atoms with Crippen molar-refractivity contribution in [1.82, 2.24) is 4.90 Å². The van der Waals surface area contributed by atoms with Crippen molar-refractivity contribution in [3.05, 3.63) is 23.8 Å². The fourth-order valence-electron chi connectivity index (χ4n) is 3.85. The van der Waals surface area contributed by atoms with E-state index >= 15 is 0 Å². The van der Waals surface area contributed by atoms with Crippen LogP contribution in [0.25, 0.3) is 0 Å². The second kappa shape index (κ2) is 12.1. The summed E-state index contributed by atoms with van der Waals surface area (Å²) in [4.78, 5) is 12.6. The highest BCUT2D eigenvalue weighted by Gasteiger charge is 2.39. The van der Waals surface area contributed by atoms with Crippen molar-refractivity contribution in [2.45, 2.75) is 75.8 Å². The maximum atomic E-state index is 12.3. The molecule has 0 radical (unpaired) electrons. The molecule has 2 fully saturated rings. The molecule has 4 rings (SSSR count). The number of rotatable bonds is 10. The Morgan fingerprint density at radius 1 is 1.20 bits per heavy atom.